The van der Waals surface area contributed by atoms with Crippen molar-refractivity contribution < 1.29 is 29.4 Å². The van der Waals surface area contributed by atoms with Gasteiger partial charge in [0.2, 0.25) is 11.1 Å². The number of nitrogens with zero attached hydrogens (tertiary/aromatic N) is 4. The summed E-state index contributed by atoms with van der Waals surface area (Å²) in [6.07, 6.45) is 0.0228. The smallest absolute Gasteiger partial charge is 0.352 e. The van der Waals surface area contributed by atoms with Gasteiger partial charge in [-0.05, 0) is 33.5 Å². The quantitative estimate of drug-likeness (QED) is 0.202. The number of carbonyl (C=O) groups is 4. The fourth-order valence-corrected chi connectivity index (χ4v) is 6.85. The molecule has 2 unspecified atom stereocenters. The molecule has 3 atom stereocenters. The molecule has 1 aromatic carbocycles. The molecule has 1 aromatic heterocycles. The maximum absolute atomic E-state index is 13.1. The number of nitrogens with two attached hydrogens (primary N) is 1. The normalized spacial score (nSPS) is 20.8. The van der Waals surface area contributed by atoms with Gasteiger partial charge in [-0.3, -0.25) is 19.3 Å². The number of carbonyl (C=O) groups excluding carboxylic acids is 2. The van der Waals surface area contributed by atoms with Crippen LogP contribution in [0.2, 0.25) is 0 Å². The number of hydrogen-bond donors (Lipinski definition) is 5. The van der Waals surface area contributed by atoms with Crippen LogP contribution in [-0.2, 0) is 32.1 Å². The molecule has 0 bridgehead atoms. The Bertz CT molecular complexity index is 1240. The first-order valence-corrected chi connectivity index (χ1v) is 12.7. The highest BCUT2D eigenvalue weighted by Crippen LogP contribution is 2.49. The van der Waals surface area contributed by atoms with Gasteiger partial charge in [0.25, 0.3) is 5.91 Å². The number of rotatable bonds is 10. The molecule has 2 aromatic rings. The van der Waals surface area contributed by atoms with Crippen molar-refractivity contribution in [3.63, 3.8) is 0 Å². The second kappa shape index (κ2) is 10.3. The van der Waals surface area contributed by atoms with Gasteiger partial charge in [-0.25, -0.2) is 9.89 Å². The van der Waals surface area contributed by atoms with E-state index in [0.29, 0.717) is 0 Å². The Labute approximate surface area is 213 Å². The van der Waals surface area contributed by atoms with Crippen molar-refractivity contribution in [2.24, 2.45) is 5.73 Å². The molecule has 0 spiro atoms. The van der Waals surface area contributed by atoms with Crippen LogP contribution in [0.25, 0.3) is 0 Å². The van der Waals surface area contributed by atoms with Crippen molar-refractivity contribution >= 4 is 47.3 Å². The lowest BCUT2D eigenvalue weighted by Gasteiger charge is -2.51. The summed E-state index contributed by atoms with van der Waals surface area (Å²) in [4.78, 5) is 51.6. The molecule has 1 fully saturated rings. The predicted molar refractivity (Wildman–Crippen MR) is 128 cm³/mol. The Balaban J connectivity index is 1.59. The standard InChI is InChI=1S/C21H23N7O6S2/c1-2-21(19(33)34,36-20-24-26-27-25-20)12-9-35-17-14(16(30)28(17)15(12)18(31)32)23-13(29)7-10-5-3-4-6-11(10)8-22/h3-6,14,17H,2,7-9,22H2,1H3,(H,23,29)(H,31,32)(H,33,34)(H,24,25,26,27)/t14?,17-,21?/m0/s1. The average Bonchev–Trinajstić information content (AvgIpc) is 3.38. The third-order valence-electron chi connectivity index (χ3n) is 6.10. The van der Waals surface area contributed by atoms with Crippen molar-refractivity contribution in [3.8, 4) is 0 Å². The number of fused-ring (bicyclic) bond motifs is 1. The largest absolute Gasteiger partial charge is 0.480 e. The number of β-lactam (4-membered cyclic amide) rings is 1. The zero-order valence-electron chi connectivity index (χ0n) is 19.0. The van der Waals surface area contributed by atoms with Gasteiger partial charge in [-0.2, -0.15) is 0 Å². The number of tetrazole rings is 1. The molecule has 0 saturated carbocycles. The number of nitrogens with one attached hydrogen (secondary N) is 2. The van der Waals surface area contributed by atoms with E-state index in [1.54, 1.807) is 19.1 Å². The van der Waals surface area contributed by atoms with E-state index in [9.17, 15) is 29.4 Å². The fourth-order valence-electron chi connectivity index (χ4n) is 4.28. The van der Waals surface area contributed by atoms with Gasteiger partial charge < -0.3 is 21.3 Å². The molecule has 36 heavy (non-hydrogen) atoms. The van der Waals surface area contributed by atoms with Gasteiger partial charge in [0, 0.05) is 12.3 Å². The van der Waals surface area contributed by atoms with E-state index in [1.807, 2.05) is 12.1 Å². The second-order valence-corrected chi connectivity index (χ2v) is 10.4. The average molecular weight is 534 g/mol. The minimum absolute atomic E-state index is 0.00773. The molecular weight excluding hydrogens is 510 g/mol. The maximum atomic E-state index is 13.1. The number of benzene rings is 1. The number of aromatic nitrogens is 4. The summed E-state index contributed by atoms with van der Waals surface area (Å²) in [5.74, 6) is -3.71. The van der Waals surface area contributed by atoms with E-state index < -0.39 is 45.6 Å². The summed E-state index contributed by atoms with van der Waals surface area (Å²) < 4.78 is -1.73. The molecule has 15 heteroatoms. The molecule has 0 radical (unpaired) electrons. The zero-order valence-corrected chi connectivity index (χ0v) is 20.6. The van der Waals surface area contributed by atoms with Crippen LogP contribution < -0.4 is 11.1 Å². The number of carboxylic acid groups (broad SMARTS) is 2. The summed E-state index contributed by atoms with van der Waals surface area (Å²) in [5, 5.41) is 35.4. The third kappa shape index (κ3) is 4.44. The van der Waals surface area contributed by atoms with Gasteiger partial charge in [0.15, 0.2) is 0 Å². The van der Waals surface area contributed by atoms with Crippen LogP contribution >= 0.6 is 23.5 Å². The number of aromatic amines is 1. The van der Waals surface area contributed by atoms with E-state index in [0.717, 1.165) is 27.8 Å². The molecule has 2 aliphatic rings. The first kappa shape index (κ1) is 25.7. The number of carboxylic acids is 2. The van der Waals surface area contributed by atoms with Crippen molar-refractivity contribution in [1.29, 1.82) is 0 Å². The highest BCUT2D eigenvalue weighted by molar-refractivity contribution is 8.02. The van der Waals surface area contributed by atoms with E-state index in [-0.39, 0.29) is 35.9 Å². The lowest BCUT2D eigenvalue weighted by molar-refractivity contribution is -0.151. The molecule has 1 saturated heterocycles. The molecule has 4 rings (SSSR count). The Hall–Kier alpha value is -3.43. The summed E-state index contributed by atoms with van der Waals surface area (Å²) >= 11 is 1.97. The molecule has 13 nitrogen and oxygen atoms in total. The van der Waals surface area contributed by atoms with Crippen LogP contribution in [0.4, 0.5) is 0 Å². The number of aliphatic carboxylic acids is 2. The SMILES string of the molecule is CCC(Sc1nnn[nH]1)(C(=O)O)C1=C(C(=O)O)N2C(=O)C(NC(=O)Cc3ccccc3CN)[C@@H]2SC1. The molecule has 190 valence electrons. The van der Waals surface area contributed by atoms with Crippen LogP contribution in [0.15, 0.2) is 40.7 Å². The molecule has 2 aliphatic heterocycles. The van der Waals surface area contributed by atoms with Gasteiger partial charge >= 0.3 is 11.9 Å². The van der Waals surface area contributed by atoms with Crippen molar-refractivity contribution in [2.45, 2.75) is 47.6 Å². The van der Waals surface area contributed by atoms with Crippen LogP contribution in [0.1, 0.15) is 24.5 Å². The van der Waals surface area contributed by atoms with Crippen molar-refractivity contribution in [2.75, 3.05) is 5.75 Å². The molecule has 0 aliphatic carbocycles. The Morgan fingerprint density at radius 2 is 2.03 bits per heavy atom. The molecule has 6 N–H and O–H groups in total. The second-order valence-electron chi connectivity index (χ2n) is 8.03. The van der Waals surface area contributed by atoms with Crippen molar-refractivity contribution in [1.82, 2.24) is 30.8 Å². The zero-order chi connectivity index (χ0) is 26.0. The molecular formula is C21H23N7O6S2. The highest BCUT2D eigenvalue weighted by Gasteiger charge is 2.58. The lowest BCUT2D eigenvalue weighted by Crippen LogP contribution is -2.71. The topological polar surface area (TPSA) is 204 Å². The van der Waals surface area contributed by atoms with E-state index in [4.69, 9.17) is 5.73 Å². The number of thioether (sulfide) groups is 2. The Morgan fingerprint density at radius 3 is 2.61 bits per heavy atom. The van der Waals surface area contributed by atoms with Gasteiger partial charge in [-0.1, -0.05) is 43.0 Å². The fraction of sp³-hybridized carbons (Fsp3) is 0.381. The Kier molecular flexibility index (Phi) is 7.33. The van der Waals surface area contributed by atoms with Gasteiger partial charge in [0.1, 0.15) is 21.9 Å². The predicted octanol–water partition coefficient (Wildman–Crippen LogP) is -0.0348. The molecule has 3 heterocycles. The summed E-state index contributed by atoms with van der Waals surface area (Å²) in [6.45, 7) is 1.87. The highest BCUT2D eigenvalue weighted by atomic mass is 32.2. The minimum atomic E-state index is -1.73. The first-order chi connectivity index (χ1) is 17.2. The van der Waals surface area contributed by atoms with Crippen LogP contribution in [0.3, 0.4) is 0 Å². The lowest BCUT2D eigenvalue weighted by atomic mass is 9.91. The summed E-state index contributed by atoms with van der Waals surface area (Å²) in [6, 6.07) is 6.27. The van der Waals surface area contributed by atoms with Crippen molar-refractivity contribution in [3.05, 3.63) is 46.7 Å². The first-order valence-electron chi connectivity index (χ1n) is 10.9. The van der Waals surface area contributed by atoms with Gasteiger partial charge in [0.05, 0.1) is 6.42 Å². The summed E-state index contributed by atoms with van der Waals surface area (Å²) in [7, 11) is 0. The van der Waals surface area contributed by atoms with Crippen LogP contribution in [0, 0.1) is 0 Å². The maximum Gasteiger partial charge on any atom is 0.352 e. The number of amides is 2. The van der Waals surface area contributed by atoms with E-state index in [1.165, 1.54) is 11.8 Å². The minimum Gasteiger partial charge on any atom is -0.480 e. The van der Waals surface area contributed by atoms with E-state index in [2.05, 4.69) is 25.9 Å². The summed E-state index contributed by atoms with van der Waals surface area (Å²) in [5.41, 5.74) is 6.94. The van der Waals surface area contributed by atoms with E-state index >= 15 is 0 Å². The van der Waals surface area contributed by atoms with Gasteiger partial charge in [-0.15, -0.1) is 16.9 Å². The Morgan fingerprint density at radius 1 is 1.31 bits per heavy atom. The number of hydrogen-bond acceptors (Lipinski definition) is 10. The number of H-pyrrole nitrogens is 1. The van der Waals surface area contributed by atoms with Crippen LogP contribution in [-0.4, -0.2) is 81.4 Å². The third-order valence-corrected chi connectivity index (χ3v) is 8.81. The monoisotopic (exact) mass is 533 g/mol. The van der Waals surface area contributed by atoms with Crippen LogP contribution in [0.5, 0.6) is 0 Å². The molecule has 2 amide bonds.